The average molecular weight is 311 g/mol. The Bertz CT molecular complexity index is 753. The highest BCUT2D eigenvalue weighted by Crippen LogP contribution is 2.30. The van der Waals surface area contributed by atoms with Crippen molar-refractivity contribution < 1.29 is 17.9 Å². The molecular formula is C13H17N3O4S. The number of hydrogen-bond acceptors (Lipinski definition) is 5. The second-order valence-electron chi connectivity index (χ2n) is 4.39. The van der Waals surface area contributed by atoms with E-state index in [9.17, 15) is 8.42 Å². The first-order valence-electron chi connectivity index (χ1n) is 6.12. The maximum atomic E-state index is 12.5. The first-order chi connectivity index (χ1) is 9.89. The fraction of sp³-hybridized carbons (Fsp3) is 0.308. The molecule has 0 radical (unpaired) electrons. The molecule has 0 spiro atoms. The number of hydrogen-bond donors (Lipinski definition) is 1. The van der Waals surface area contributed by atoms with E-state index >= 15 is 0 Å². The Hall–Kier alpha value is -2.22. The molecule has 0 aliphatic carbocycles. The Balaban J connectivity index is 2.42. The number of rotatable bonds is 5. The Morgan fingerprint density at radius 1 is 1.24 bits per heavy atom. The van der Waals surface area contributed by atoms with Crippen LogP contribution in [-0.2, 0) is 17.1 Å². The van der Waals surface area contributed by atoms with Crippen LogP contribution in [0.4, 0.5) is 5.69 Å². The highest BCUT2D eigenvalue weighted by atomic mass is 32.2. The lowest BCUT2D eigenvalue weighted by molar-refractivity contribution is 0.386. The van der Waals surface area contributed by atoms with Gasteiger partial charge < -0.3 is 9.47 Å². The second-order valence-corrected chi connectivity index (χ2v) is 6.04. The normalized spacial score (nSPS) is 11.2. The maximum absolute atomic E-state index is 12.5. The molecule has 7 nitrogen and oxygen atoms in total. The summed E-state index contributed by atoms with van der Waals surface area (Å²) in [6.07, 6.45) is 1.46. The molecule has 0 amide bonds. The van der Waals surface area contributed by atoms with Crippen LogP contribution in [0.2, 0.25) is 0 Å². The Morgan fingerprint density at radius 2 is 1.95 bits per heavy atom. The standard InChI is InChI=1S/C13H17N3O4S/c1-9-11(8-14-16(9)2)15-21(17,18)13-6-5-10(19-3)7-12(13)20-4/h5-8,15H,1-4H3. The van der Waals surface area contributed by atoms with Crippen LogP contribution in [0.3, 0.4) is 0 Å². The third-order valence-electron chi connectivity index (χ3n) is 3.14. The second kappa shape index (κ2) is 5.65. The summed E-state index contributed by atoms with van der Waals surface area (Å²) >= 11 is 0. The highest BCUT2D eigenvalue weighted by Gasteiger charge is 2.21. The zero-order valence-corrected chi connectivity index (χ0v) is 13.1. The van der Waals surface area contributed by atoms with Crippen molar-refractivity contribution in [2.24, 2.45) is 7.05 Å². The summed E-state index contributed by atoms with van der Waals surface area (Å²) < 4.78 is 39.2. The van der Waals surface area contributed by atoms with E-state index in [4.69, 9.17) is 9.47 Å². The van der Waals surface area contributed by atoms with E-state index in [0.29, 0.717) is 17.1 Å². The first kappa shape index (κ1) is 15.2. The van der Waals surface area contributed by atoms with E-state index in [1.165, 1.54) is 32.5 Å². The lowest BCUT2D eigenvalue weighted by Crippen LogP contribution is -2.14. The molecule has 0 saturated heterocycles. The van der Waals surface area contributed by atoms with E-state index in [2.05, 4.69) is 9.82 Å². The lowest BCUT2D eigenvalue weighted by atomic mass is 10.3. The van der Waals surface area contributed by atoms with Crippen molar-refractivity contribution in [1.29, 1.82) is 0 Å². The molecule has 1 N–H and O–H groups in total. The number of nitrogens with zero attached hydrogens (tertiary/aromatic N) is 2. The molecule has 0 saturated carbocycles. The van der Waals surface area contributed by atoms with E-state index in [1.54, 1.807) is 24.7 Å². The summed E-state index contributed by atoms with van der Waals surface area (Å²) in [7, 11) is 0.869. The summed E-state index contributed by atoms with van der Waals surface area (Å²) in [5.74, 6) is 0.728. The zero-order valence-electron chi connectivity index (χ0n) is 12.2. The topological polar surface area (TPSA) is 82.5 Å². The minimum absolute atomic E-state index is 0.0362. The SMILES string of the molecule is COc1ccc(S(=O)(=O)Nc2cnn(C)c2C)c(OC)c1. The van der Waals surface area contributed by atoms with Gasteiger partial charge in [0.25, 0.3) is 10.0 Å². The number of aromatic nitrogens is 2. The van der Waals surface area contributed by atoms with Crippen LogP contribution in [0, 0.1) is 6.92 Å². The molecule has 21 heavy (non-hydrogen) atoms. The number of anilines is 1. The molecule has 0 fully saturated rings. The predicted octanol–water partition coefficient (Wildman–Crippen LogP) is 1.55. The van der Waals surface area contributed by atoms with Crippen molar-refractivity contribution in [3.05, 3.63) is 30.1 Å². The van der Waals surface area contributed by atoms with E-state index in [1.807, 2.05) is 0 Å². The van der Waals surface area contributed by atoms with Gasteiger partial charge in [-0.25, -0.2) is 8.42 Å². The van der Waals surface area contributed by atoms with Crippen LogP contribution in [0.5, 0.6) is 11.5 Å². The molecule has 0 aliphatic heterocycles. The number of sulfonamides is 1. The molecule has 1 aromatic heterocycles. The first-order valence-corrected chi connectivity index (χ1v) is 7.61. The Morgan fingerprint density at radius 3 is 2.48 bits per heavy atom. The monoisotopic (exact) mass is 311 g/mol. The van der Waals surface area contributed by atoms with Gasteiger partial charge in [0.15, 0.2) is 0 Å². The number of nitrogens with one attached hydrogen (secondary N) is 1. The minimum Gasteiger partial charge on any atom is -0.497 e. The quantitative estimate of drug-likeness (QED) is 0.906. The third kappa shape index (κ3) is 2.94. The Kier molecular flexibility index (Phi) is 4.08. The molecule has 0 atom stereocenters. The molecule has 2 rings (SSSR count). The van der Waals surface area contributed by atoms with E-state index in [-0.39, 0.29) is 10.6 Å². The molecule has 1 aromatic carbocycles. The molecular weight excluding hydrogens is 294 g/mol. The van der Waals surface area contributed by atoms with Gasteiger partial charge in [0.1, 0.15) is 16.4 Å². The van der Waals surface area contributed by atoms with Crippen molar-refractivity contribution in [1.82, 2.24) is 9.78 Å². The molecule has 1 heterocycles. The highest BCUT2D eigenvalue weighted by molar-refractivity contribution is 7.92. The van der Waals surface area contributed by atoms with Crippen LogP contribution < -0.4 is 14.2 Å². The van der Waals surface area contributed by atoms with Crippen molar-refractivity contribution in [2.45, 2.75) is 11.8 Å². The third-order valence-corrected chi connectivity index (χ3v) is 4.54. The Labute approximate surface area is 123 Å². The van der Waals surface area contributed by atoms with Crippen molar-refractivity contribution in [3.63, 3.8) is 0 Å². The van der Waals surface area contributed by atoms with Crippen LogP contribution in [0.25, 0.3) is 0 Å². The van der Waals surface area contributed by atoms with Crippen LogP contribution in [-0.4, -0.2) is 32.4 Å². The molecule has 0 aliphatic rings. The molecule has 114 valence electrons. The molecule has 0 bridgehead atoms. The van der Waals surface area contributed by atoms with Gasteiger partial charge in [0, 0.05) is 13.1 Å². The fourth-order valence-electron chi connectivity index (χ4n) is 1.80. The maximum Gasteiger partial charge on any atom is 0.265 e. The van der Waals surface area contributed by atoms with Crippen LogP contribution in [0.1, 0.15) is 5.69 Å². The fourth-order valence-corrected chi connectivity index (χ4v) is 3.05. The van der Waals surface area contributed by atoms with E-state index < -0.39 is 10.0 Å². The summed E-state index contributed by atoms with van der Waals surface area (Å²) in [5, 5.41) is 4.00. The van der Waals surface area contributed by atoms with Gasteiger partial charge in [-0.2, -0.15) is 5.10 Å². The summed E-state index contributed by atoms with van der Waals surface area (Å²) in [6, 6.07) is 4.52. The van der Waals surface area contributed by atoms with Gasteiger partial charge in [-0.3, -0.25) is 9.40 Å². The zero-order chi connectivity index (χ0) is 15.6. The number of ether oxygens (including phenoxy) is 2. The van der Waals surface area contributed by atoms with Crippen molar-refractivity contribution >= 4 is 15.7 Å². The lowest BCUT2D eigenvalue weighted by Gasteiger charge is -2.12. The summed E-state index contributed by atoms with van der Waals surface area (Å²) in [6.45, 7) is 1.77. The van der Waals surface area contributed by atoms with Crippen molar-refractivity contribution in [3.8, 4) is 11.5 Å². The summed E-state index contributed by atoms with van der Waals surface area (Å²) in [5.41, 5.74) is 1.14. The largest absolute Gasteiger partial charge is 0.497 e. The van der Waals surface area contributed by atoms with Gasteiger partial charge in [-0.15, -0.1) is 0 Å². The number of benzene rings is 1. The predicted molar refractivity (Wildman–Crippen MR) is 78.3 cm³/mol. The van der Waals surface area contributed by atoms with Gasteiger partial charge in [0.05, 0.1) is 31.8 Å². The molecule has 8 heteroatoms. The molecule has 2 aromatic rings. The summed E-state index contributed by atoms with van der Waals surface area (Å²) in [4.78, 5) is 0.0362. The van der Waals surface area contributed by atoms with E-state index in [0.717, 1.165) is 0 Å². The number of aryl methyl sites for hydroxylation is 1. The van der Waals surface area contributed by atoms with Crippen molar-refractivity contribution in [2.75, 3.05) is 18.9 Å². The minimum atomic E-state index is -3.77. The van der Waals surface area contributed by atoms with Crippen LogP contribution >= 0.6 is 0 Å². The number of methoxy groups -OCH3 is 2. The van der Waals surface area contributed by atoms with Gasteiger partial charge in [-0.1, -0.05) is 0 Å². The van der Waals surface area contributed by atoms with Crippen LogP contribution in [0.15, 0.2) is 29.3 Å². The van der Waals surface area contributed by atoms with Gasteiger partial charge in [0.2, 0.25) is 0 Å². The van der Waals surface area contributed by atoms with Gasteiger partial charge in [-0.05, 0) is 19.1 Å². The van der Waals surface area contributed by atoms with Gasteiger partial charge >= 0.3 is 0 Å². The average Bonchev–Trinajstić information content (AvgIpc) is 2.78. The molecule has 0 unspecified atom stereocenters. The smallest absolute Gasteiger partial charge is 0.265 e.